The first-order valence-electron chi connectivity index (χ1n) is 15.2. The highest BCUT2D eigenvalue weighted by atomic mass is 32.2. The third-order valence-corrected chi connectivity index (χ3v) is 9.42. The Balaban J connectivity index is 1.73. The van der Waals surface area contributed by atoms with Gasteiger partial charge in [-0.3, -0.25) is 9.45 Å². The molecule has 1 aromatic rings. The van der Waals surface area contributed by atoms with Crippen molar-refractivity contribution in [2.75, 3.05) is 19.7 Å². The van der Waals surface area contributed by atoms with Gasteiger partial charge in [-0.1, -0.05) is 91.9 Å². The predicted octanol–water partition coefficient (Wildman–Crippen LogP) is 8.57. The number of unbranched alkanes of at least 4 members (excludes halogenated alkanes) is 8. The topological polar surface area (TPSA) is 76.1 Å². The molecular formula is C30H55NO5S2. The first-order chi connectivity index (χ1) is 18.2. The van der Waals surface area contributed by atoms with Gasteiger partial charge in [0, 0.05) is 10.8 Å². The molecule has 222 valence electrons. The number of nitrogens with zero attached hydrogens (tertiary/aromatic N) is 1. The van der Waals surface area contributed by atoms with Crippen LogP contribution in [0.1, 0.15) is 124 Å². The average Bonchev–Trinajstić information content (AvgIpc) is 3.31. The van der Waals surface area contributed by atoms with E-state index in [9.17, 15) is 13.0 Å². The smallest absolute Gasteiger partial charge is 0.281 e. The Kier molecular flexibility index (Phi) is 16.3. The van der Waals surface area contributed by atoms with E-state index in [1.807, 2.05) is 10.8 Å². The molecule has 0 fully saturated rings. The Labute approximate surface area is 237 Å². The molecule has 2 heterocycles. The van der Waals surface area contributed by atoms with Crippen molar-refractivity contribution in [2.45, 2.75) is 135 Å². The van der Waals surface area contributed by atoms with Crippen LogP contribution in [0.5, 0.6) is 11.5 Å². The number of hydrogen-bond acceptors (Lipinski definition) is 6. The quantitative estimate of drug-likeness (QED) is 0.111. The molecule has 1 aliphatic rings. The molecule has 0 amide bonds. The molecule has 1 N–H and O–H groups in total. The van der Waals surface area contributed by atoms with Crippen molar-refractivity contribution in [3.8, 4) is 11.5 Å². The fourth-order valence-electron chi connectivity index (χ4n) is 5.23. The molecule has 0 spiro atoms. The Morgan fingerprint density at radius 2 is 1.34 bits per heavy atom. The number of ether oxygens (including phenoxy) is 2. The van der Waals surface area contributed by atoms with E-state index < -0.39 is 15.5 Å². The monoisotopic (exact) mass is 573 g/mol. The van der Waals surface area contributed by atoms with Crippen LogP contribution in [0.4, 0.5) is 0 Å². The molecule has 8 heteroatoms. The van der Waals surface area contributed by atoms with Crippen molar-refractivity contribution in [1.82, 2.24) is 4.90 Å². The summed E-state index contributed by atoms with van der Waals surface area (Å²) in [4.78, 5) is 2.07. The number of hydrogen-bond donors (Lipinski definition) is 1. The molecule has 38 heavy (non-hydrogen) atoms. The number of thiophene rings is 1. The van der Waals surface area contributed by atoms with Gasteiger partial charge in [0.15, 0.2) is 11.5 Å². The standard InChI is InChI=1S/C30H55NO5S2/c1-25(2)16-10-8-14-20-31(21-15-9-11-17-26(3)4)30(38(32,33)34)19-13-7-5-6-12-18-27-22-35-28-23-37-24-29(28)36-27/h23-27,30H,5-22H2,1-4H3,(H,32,33,34). The molecular weight excluding hydrogens is 518 g/mol. The van der Waals surface area contributed by atoms with Gasteiger partial charge in [0.1, 0.15) is 18.1 Å². The van der Waals surface area contributed by atoms with Crippen LogP contribution in [0, 0.1) is 11.8 Å². The molecule has 0 aliphatic carbocycles. The number of fused-ring (bicyclic) bond motifs is 1. The summed E-state index contributed by atoms with van der Waals surface area (Å²) in [5, 5.41) is 3.20. The van der Waals surface area contributed by atoms with E-state index in [1.165, 1.54) is 25.7 Å². The summed E-state index contributed by atoms with van der Waals surface area (Å²) in [7, 11) is -4.11. The second-order valence-electron chi connectivity index (χ2n) is 12.0. The first-order valence-corrected chi connectivity index (χ1v) is 17.7. The van der Waals surface area contributed by atoms with Crippen molar-refractivity contribution in [3.05, 3.63) is 10.8 Å². The SMILES string of the molecule is CC(C)CCCCCN(CCCCCC(C)C)C(CCCCCCCC1COc2cscc2O1)S(=O)(=O)O. The third-order valence-electron chi connectivity index (χ3n) is 7.49. The lowest BCUT2D eigenvalue weighted by atomic mass is 10.0. The van der Waals surface area contributed by atoms with E-state index in [-0.39, 0.29) is 6.10 Å². The molecule has 0 radical (unpaired) electrons. The average molecular weight is 574 g/mol. The normalized spacial score (nSPS) is 16.6. The predicted molar refractivity (Wildman–Crippen MR) is 160 cm³/mol. The van der Waals surface area contributed by atoms with E-state index in [0.29, 0.717) is 24.9 Å². The van der Waals surface area contributed by atoms with Crippen LogP contribution in [-0.4, -0.2) is 49.0 Å². The van der Waals surface area contributed by atoms with Crippen molar-refractivity contribution < 1.29 is 22.4 Å². The van der Waals surface area contributed by atoms with Crippen molar-refractivity contribution in [1.29, 1.82) is 0 Å². The van der Waals surface area contributed by atoms with Crippen LogP contribution in [0.15, 0.2) is 10.8 Å². The summed E-state index contributed by atoms with van der Waals surface area (Å²) in [5.74, 6) is 3.14. The van der Waals surface area contributed by atoms with E-state index in [2.05, 4.69) is 32.6 Å². The minimum Gasteiger partial charge on any atom is -0.485 e. The molecule has 1 aliphatic heterocycles. The maximum atomic E-state index is 12.4. The van der Waals surface area contributed by atoms with Crippen LogP contribution in [0.3, 0.4) is 0 Å². The van der Waals surface area contributed by atoms with Gasteiger partial charge in [-0.15, -0.1) is 11.3 Å². The largest absolute Gasteiger partial charge is 0.485 e. The first kappa shape index (κ1) is 33.4. The van der Waals surface area contributed by atoms with Crippen molar-refractivity contribution in [2.24, 2.45) is 11.8 Å². The molecule has 2 atom stereocenters. The zero-order valence-electron chi connectivity index (χ0n) is 24.5. The highest BCUT2D eigenvalue weighted by Crippen LogP contribution is 2.36. The summed E-state index contributed by atoms with van der Waals surface area (Å²) in [5.41, 5.74) is 0. The highest BCUT2D eigenvalue weighted by Gasteiger charge is 2.29. The summed E-state index contributed by atoms with van der Waals surface area (Å²) < 4.78 is 46.8. The summed E-state index contributed by atoms with van der Waals surface area (Å²) in [6.07, 6.45) is 15.7. The Morgan fingerprint density at radius 3 is 1.95 bits per heavy atom. The molecule has 0 aromatic carbocycles. The van der Waals surface area contributed by atoms with Crippen molar-refractivity contribution in [3.63, 3.8) is 0 Å². The molecule has 6 nitrogen and oxygen atoms in total. The van der Waals surface area contributed by atoms with Gasteiger partial charge in [0.05, 0.1) is 0 Å². The zero-order chi connectivity index (χ0) is 27.8. The van der Waals surface area contributed by atoms with E-state index >= 15 is 0 Å². The van der Waals surface area contributed by atoms with E-state index in [4.69, 9.17) is 9.47 Å². The minimum atomic E-state index is -4.11. The second-order valence-corrected chi connectivity index (χ2v) is 14.3. The summed E-state index contributed by atoms with van der Waals surface area (Å²) in [6, 6.07) is 0. The van der Waals surface area contributed by atoms with Gasteiger partial charge in [0.2, 0.25) is 0 Å². The van der Waals surface area contributed by atoms with E-state index in [1.54, 1.807) is 11.3 Å². The van der Waals surface area contributed by atoms with Gasteiger partial charge in [0.25, 0.3) is 10.1 Å². The van der Waals surface area contributed by atoms with Crippen molar-refractivity contribution >= 4 is 21.5 Å². The molecule has 2 unspecified atom stereocenters. The third kappa shape index (κ3) is 14.0. The Morgan fingerprint density at radius 1 is 0.816 bits per heavy atom. The minimum absolute atomic E-state index is 0.121. The lowest BCUT2D eigenvalue weighted by molar-refractivity contribution is 0.0841. The van der Waals surface area contributed by atoms with Gasteiger partial charge in [-0.25, -0.2) is 0 Å². The van der Waals surface area contributed by atoms with Gasteiger partial charge < -0.3 is 9.47 Å². The van der Waals surface area contributed by atoms with Gasteiger partial charge in [-0.2, -0.15) is 8.42 Å². The fraction of sp³-hybridized carbons (Fsp3) is 0.867. The van der Waals surface area contributed by atoms with Crippen LogP contribution in [0.2, 0.25) is 0 Å². The second kappa shape index (κ2) is 18.5. The van der Waals surface area contributed by atoms with Crippen LogP contribution >= 0.6 is 11.3 Å². The molecule has 0 bridgehead atoms. The Bertz CT molecular complexity index is 821. The van der Waals surface area contributed by atoms with Crippen LogP contribution < -0.4 is 9.47 Å². The fourth-order valence-corrected chi connectivity index (χ4v) is 6.96. The van der Waals surface area contributed by atoms with Gasteiger partial charge in [-0.05, 0) is 57.0 Å². The molecule has 1 aromatic heterocycles. The zero-order valence-corrected chi connectivity index (χ0v) is 26.2. The maximum absolute atomic E-state index is 12.4. The lowest BCUT2D eigenvalue weighted by Gasteiger charge is -2.30. The highest BCUT2D eigenvalue weighted by molar-refractivity contribution is 7.86. The molecule has 0 saturated heterocycles. The van der Waals surface area contributed by atoms with Gasteiger partial charge >= 0.3 is 0 Å². The molecule has 2 rings (SSSR count). The maximum Gasteiger partial charge on any atom is 0.281 e. The van der Waals surface area contributed by atoms with Crippen LogP contribution in [-0.2, 0) is 10.1 Å². The summed E-state index contributed by atoms with van der Waals surface area (Å²) in [6.45, 7) is 11.1. The van der Waals surface area contributed by atoms with Crippen LogP contribution in [0.25, 0.3) is 0 Å². The summed E-state index contributed by atoms with van der Waals surface area (Å²) >= 11 is 1.60. The number of rotatable bonds is 22. The van der Waals surface area contributed by atoms with E-state index in [0.717, 1.165) is 88.8 Å². The lowest BCUT2D eigenvalue weighted by Crippen LogP contribution is -2.42. The Hall–Kier alpha value is -0.830. The molecule has 0 saturated carbocycles.